The van der Waals surface area contributed by atoms with Crippen LogP contribution >= 0.6 is 12.2 Å². The van der Waals surface area contributed by atoms with Crippen molar-refractivity contribution in [2.24, 2.45) is 5.92 Å². The van der Waals surface area contributed by atoms with E-state index in [0.29, 0.717) is 11.2 Å². The van der Waals surface area contributed by atoms with E-state index in [-0.39, 0.29) is 23.9 Å². The molecule has 35 heavy (non-hydrogen) atoms. The summed E-state index contributed by atoms with van der Waals surface area (Å²) in [4.78, 5) is 19.1. The van der Waals surface area contributed by atoms with Crippen LogP contribution in [0.2, 0.25) is 0 Å². The van der Waals surface area contributed by atoms with Crippen molar-refractivity contribution in [3.63, 3.8) is 0 Å². The molecule has 4 rings (SSSR count). The van der Waals surface area contributed by atoms with Gasteiger partial charge >= 0.3 is 0 Å². The minimum Gasteiger partial charge on any atom is -0.351 e. The Bertz CT molecular complexity index is 1250. The number of nitrogens with one attached hydrogen (secondary N) is 2. The topological polar surface area (TPSA) is 62.2 Å². The molecular formula is C28H35N5OS. The second kappa shape index (κ2) is 9.82. The van der Waals surface area contributed by atoms with E-state index in [4.69, 9.17) is 12.2 Å². The normalized spacial score (nSPS) is 17.9. The molecule has 0 spiro atoms. The van der Waals surface area contributed by atoms with Crippen LogP contribution in [0.1, 0.15) is 74.0 Å². The maximum Gasteiger partial charge on any atom is 0.226 e. The lowest BCUT2D eigenvalue weighted by Gasteiger charge is -2.29. The van der Waals surface area contributed by atoms with Crippen LogP contribution in [0.15, 0.2) is 48.7 Å². The lowest BCUT2D eigenvalue weighted by atomic mass is 9.96. The van der Waals surface area contributed by atoms with E-state index in [1.54, 1.807) is 0 Å². The maximum absolute atomic E-state index is 12.3. The number of benzene rings is 1. The van der Waals surface area contributed by atoms with E-state index in [2.05, 4.69) is 64.9 Å². The minimum absolute atomic E-state index is 0.00780. The zero-order valence-electron chi connectivity index (χ0n) is 21.6. The van der Waals surface area contributed by atoms with E-state index in [1.165, 1.54) is 17.0 Å². The Kier molecular flexibility index (Phi) is 6.99. The zero-order valence-corrected chi connectivity index (χ0v) is 22.4. The second-order valence-electron chi connectivity index (χ2n) is 9.93. The van der Waals surface area contributed by atoms with Crippen LogP contribution in [0.5, 0.6) is 0 Å². The molecule has 0 aliphatic carbocycles. The van der Waals surface area contributed by atoms with Gasteiger partial charge in [0.25, 0.3) is 0 Å². The molecular weight excluding hydrogens is 454 g/mol. The summed E-state index contributed by atoms with van der Waals surface area (Å²) in [5.74, 6) is -0.0717. The molecule has 1 amide bonds. The Morgan fingerprint density at radius 3 is 2.40 bits per heavy atom. The molecule has 2 N–H and O–H groups in total. The van der Waals surface area contributed by atoms with E-state index >= 15 is 0 Å². The van der Waals surface area contributed by atoms with Gasteiger partial charge in [0.2, 0.25) is 5.91 Å². The number of pyridine rings is 1. The number of amides is 1. The van der Waals surface area contributed by atoms with E-state index in [1.807, 2.05) is 57.3 Å². The lowest BCUT2D eigenvalue weighted by molar-refractivity contribution is -0.118. The molecule has 1 saturated heterocycles. The Morgan fingerprint density at radius 1 is 1.09 bits per heavy atom. The molecule has 2 aromatic heterocycles. The van der Waals surface area contributed by atoms with Gasteiger partial charge in [0.1, 0.15) is 0 Å². The highest BCUT2D eigenvalue weighted by Crippen LogP contribution is 2.44. The van der Waals surface area contributed by atoms with Gasteiger partial charge in [-0.1, -0.05) is 19.9 Å². The van der Waals surface area contributed by atoms with Gasteiger partial charge in [0.05, 0.1) is 17.8 Å². The minimum atomic E-state index is -0.0922. The van der Waals surface area contributed by atoms with Gasteiger partial charge in [0.15, 0.2) is 5.11 Å². The number of aryl methyl sites for hydroxylation is 2. The van der Waals surface area contributed by atoms with Crippen molar-refractivity contribution in [3.05, 3.63) is 76.9 Å². The Labute approximate surface area is 213 Å². The third-order valence-electron chi connectivity index (χ3n) is 6.73. The van der Waals surface area contributed by atoms with Gasteiger partial charge in [-0.2, -0.15) is 0 Å². The molecule has 6 nitrogen and oxygen atoms in total. The third kappa shape index (κ3) is 4.69. The van der Waals surface area contributed by atoms with Crippen LogP contribution in [0.4, 0.5) is 11.4 Å². The molecule has 1 fully saturated rings. The number of thiocarbonyl (C=S) groups is 1. The molecule has 3 aromatic rings. The number of anilines is 2. The third-order valence-corrected chi connectivity index (χ3v) is 7.04. The molecule has 7 heteroatoms. The quantitative estimate of drug-likeness (QED) is 0.406. The molecule has 1 aliphatic heterocycles. The SMILES string of the molecule is Cc1cc(N2C(=S)N[C@@H](c3ccccn3)[C@H]2c2cc(C)n(C(C)C)c2C)ccc1NC(=O)C(C)C. The summed E-state index contributed by atoms with van der Waals surface area (Å²) < 4.78 is 2.38. The smallest absolute Gasteiger partial charge is 0.226 e. The summed E-state index contributed by atoms with van der Waals surface area (Å²) in [5.41, 5.74) is 7.45. The van der Waals surface area contributed by atoms with Crippen LogP contribution in [-0.4, -0.2) is 20.6 Å². The molecule has 1 aromatic carbocycles. The number of rotatable bonds is 6. The first-order valence-corrected chi connectivity index (χ1v) is 12.6. The monoisotopic (exact) mass is 489 g/mol. The van der Waals surface area contributed by atoms with Crippen molar-refractivity contribution >= 4 is 34.6 Å². The summed E-state index contributed by atoms with van der Waals surface area (Å²) >= 11 is 5.90. The van der Waals surface area contributed by atoms with Crippen LogP contribution < -0.4 is 15.5 Å². The highest BCUT2D eigenvalue weighted by Gasteiger charge is 2.42. The zero-order chi connectivity index (χ0) is 25.4. The van der Waals surface area contributed by atoms with Crippen molar-refractivity contribution in [1.29, 1.82) is 0 Å². The molecule has 0 saturated carbocycles. The van der Waals surface area contributed by atoms with E-state index in [9.17, 15) is 4.79 Å². The second-order valence-corrected chi connectivity index (χ2v) is 10.3. The molecule has 0 unspecified atom stereocenters. The van der Waals surface area contributed by atoms with Gasteiger partial charge in [-0.05, 0) is 94.4 Å². The van der Waals surface area contributed by atoms with Crippen molar-refractivity contribution in [2.45, 2.75) is 66.6 Å². The van der Waals surface area contributed by atoms with Crippen molar-refractivity contribution < 1.29 is 4.79 Å². The summed E-state index contributed by atoms with van der Waals surface area (Å²) in [5, 5.41) is 7.24. The number of hydrogen-bond acceptors (Lipinski definition) is 3. The Hall–Kier alpha value is -3.19. The molecule has 2 atom stereocenters. The standard InChI is InChI=1S/C28H35N5OS/c1-16(2)27(34)30-23-12-11-21(14-18(23)5)33-26(22-15-19(6)32(17(3)4)20(22)7)25(31-28(33)35)24-10-8-9-13-29-24/h8-17,25-26H,1-7H3,(H,30,34)(H,31,35)/t25-,26+/m0/s1. The molecule has 1 aliphatic rings. The average molecular weight is 490 g/mol. The predicted octanol–water partition coefficient (Wildman–Crippen LogP) is 6.16. The fourth-order valence-electron chi connectivity index (χ4n) is 5.06. The van der Waals surface area contributed by atoms with Gasteiger partial charge in [0, 0.05) is 40.9 Å². The van der Waals surface area contributed by atoms with Crippen molar-refractivity contribution in [1.82, 2.24) is 14.9 Å². The summed E-state index contributed by atoms with van der Waals surface area (Å²) in [7, 11) is 0. The van der Waals surface area contributed by atoms with Crippen LogP contribution in [0.3, 0.4) is 0 Å². The van der Waals surface area contributed by atoms with Gasteiger partial charge in [-0.15, -0.1) is 0 Å². The Balaban J connectivity index is 1.81. The first kappa shape index (κ1) is 24.9. The first-order chi connectivity index (χ1) is 16.6. The Morgan fingerprint density at radius 2 is 1.83 bits per heavy atom. The largest absolute Gasteiger partial charge is 0.351 e. The van der Waals surface area contributed by atoms with Gasteiger partial charge in [-0.3, -0.25) is 9.78 Å². The van der Waals surface area contributed by atoms with Crippen molar-refractivity contribution in [2.75, 3.05) is 10.2 Å². The number of nitrogens with zero attached hydrogens (tertiary/aromatic N) is 3. The molecule has 184 valence electrons. The fraction of sp³-hybridized carbons (Fsp3) is 0.393. The summed E-state index contributed by atoms with van der Waals surface area (Å²) in [6.07, 6.45) is 1.83. The highest BCUT2D eigenvalue weighted by molar-refractivity contribution is 7.80. The molecule has 0 bridgehead atoms. The van der Waals surface area contributed by atoms with Gasteiger partial charge < -0.3 is 20.1 Å². The number of hydrogen-bond donors (Lipinski definition) is 2. The van der Waals surface area contributed by atoms with Crippen LogP contribution in [0, 0.1) is 26.7 Å². The van der Waals surface area contributed by atoms with Gasteiger partial charge in [-0.25, -0.2) is 0 Å². The lowest BCUT2D eigenvalue weighted by Crippen LogP contribution is -2.29. The number of carbonyl (C=O) groups excluding carboxylic acids is 1. The average Bonchev–Trinajstić information content (AvgIpc) is 3.30. The van der Waals surface area contributed by atoms with Crippen LogP contribution in [-0.2, 0) is 4.79 Å². The number of carbonyl (C=O) groups is 1. The highest BCUT2D eigenvalue weighted by atomic mass is 32.1. The van der Waals surface area contributed by atoms with E-state index < -0.39 is 0 Å². The summed E-state index contributed by atoms with van der Waals surface area (Å²) in [6.45, 7) is 14.6. The predicted molar refractivity (Wildman–Crippen MR) is 147 cm³/mol. The van der Waals surface area contributed by atoms with Crippen molar-refractivity contribution in [3.8, 4) is 0 Å². The first-order valence-electron chi connectivity index (χ1n) is 12.2. The maximum atomic E-state index is 12.3. The summed E-state index contributed by atoms with van der Waals surface area (Å²) in [6, 6.07) is 14.6. The number of aromatic nitrogens is 2. The molecule has 0 radical (unpaired) electrons. The molecule has 3 heterocycles. The fourth-order valence-corrected chi connectivity index (χ4v) is 5.41. The van der Waals surface area contributed by atoms with Crippen LogP contribution in [0.25, 0.3) is 0 Å². The van der Waals surface area contributed by atoms with E-state index in [0.717, 1.165) is 22.6 Å².